The second kappa shape index (κ2) is 14.5. The lowest BCUT2D eigenvalue weighted by Gasteiger charge is -2.49. The number of anilines is 3. The van der Waals surface area contributed by atoms with Crippen molar-refractivity contribution >= 4 is 58.2 Å². The van der Waals surface area contributed by atoms with Gasteiger partial charge in [0.25, 0.3) is 17.7 Å². The first-order valence-corrected chi connectivity index (χ1v) is 20.3. The fourth-order valence-electron chi connectivity index (χ4n) is 9.88. The van der Waals surface area contributed by atoms with Gasteiger partial charge < -0.3 is 19.6 Å². The van der Waals surface area contributed by atoms with Crippen LogP contribution in [0.15, 0.2) is 60.7 Å². The molecule has 0 saturated carbocycles. The number of benzene rings is 3. The molecule has 14 heteroatoms. The van der Waals surface area contributed by atoms with E-state index in [2.05, 4.69) is 50.0 Å². The zero-order chi connectivity index (χ0) is 39.6. The van der Waals surface area contributed by atoms with E-state index in [1.807, 2.05) is 41.3 Å². The van der Waals surface area contributed by atoms with Crippen molar-refractivity contribution in [3.05, 3.63) is 87.9 Å². The van der Waals surface area contributed by atoms with Gasteiger partial charge in [-0.05, 0) is 98.7 Å². The number of hydrogen-bond donors (Lipinski definition) is 1. The van der Waals surface area contributed by atoms with E-state index in [1.165, 1.54) is 0 Å². The van der Waals surface area contributed by atoms with Gasteiger partial charge in [-0.2, -0.15) is 5.26 Å². The molecule has 0 bridgehead atoms. The van der Waals surface area contributed by atoms with Crippen LogP contribution in [0, 0.1) is 16.7 Å². The maximum absolute atomic E-state index is 13.6. The van der Waals surface area contributed by atoms with Gasteiger partial charge in [0.2, 0.25) is 11.8 Å². The van der Waals surface area contributed by atoms with E-state index in [0.29, 0.717) is 41.3 Å². The van der Waals surface area contributed by atoms with Gasteiger partial charge in [0, 0.05) is 100 Å². The first-order valence-electron chi connectivity index (χ1n) is 20.0. The van der Waals surface area contributed by atoms with Gasteiger partial charge in [0.05, 0.1) is 21.7 Å². The third kappa shape index (κ3) is 6.68. The van der Waals surface area contributed by atoms with Gasteiger partial charge in [-0.3, -0.25) is 39.1 Å². The molecule has 1 unspecified atom stereocenters. The molecule has 3 aromatic carbocycles. The predicted octanol–water partition coefficient (Wildman–Crippen LogP) is 4.14. The molecule has 6 heterocycles. The Kier molecular flexibility index (Phi) is 9.44. The molecule has 1 spiro atoms. The highest BCUT2D eigenvalue weighted by molar-refractivity contribution is 6.32. The summed E-state index contributed by atoms with van der Waals surface area (Å²) in [6.07, 6.45) is 3.54. The molecular weight excluding hydrogens is 744 g/mol. The summed E-state index contributed by atoms with van der Waals surface area (Å²) in [7, 11) is 0. The second-order valence-electron chi connectivity index (χ2n) is 16.6. The smallest absolute Gasteiger partial charge is 0.262 e. The number of nitriles is 1. The third-order valence-corrected chi connectivity index (χ3v) is 13.6. The van der Waals surface area contributed by atoms with Crippen LogP contribution in [0.3, 0.4) is 0 Å². The summed E-state index contributed by atoms with van der Waals surface area (Å²) in [6.45, 7) is 9.61. The Morgan fingerprint density at radius 3 is 2.19 bits per heavy atom. The number of halogens is 1. The van der Waals surface area contributed by atoms with Crippen molar-refractivity contribution in [1.82, 2.24) is 20.0 Å². The highest BCUT2D eigenvalue weighted by Crippen LogP contribution is 2.46. The van der Waals surface area contributed by atoms with Crippen LogP contribution >= 0.6 is 11.6 Å². The maximum Gasteiger partial charge on any atom is 0.262 e. The van der Waals surface area contributed by atoms with Crippen LogP contribution in [0.2, 0.25) is 5.02 Å². The van der Waals surface area contributed by atoms with E-state index < -0.39 is 29.7 Å². The summed E-state index contributed by atoms with van der Waals surface area (Å²) in [5.41, 5.74) is 5.10. The molecule has 1 N–H and O–H groups in total. The van der Waals surface area contributed by atoms with Crippen molar-refractivity contribution < 1.29 is 24.0 Å². The zero-order valence-corrected chi connectivity index (χ0v) is 32.7. The van der Waals surface area contributed by atoms with Crippen LogP contribution in [0.1, 0.15) is 75.7 Å². The minimum atomic E-state index is -0.983. The number of hydrogen-bond acceptors (Lipinski definition) is 10. The molecule has 6 aliphatic rings. The maximum atomic E-state index is 13.6. The minimum absolute atomic E-state index is 0.0562. The Hall–Kier alpha value is -5.45. The van der Waals surface area contributed by atoms with Gasteiger partial charge in [-0.1, -0.05) is 11.6 Å². The molecule has 0 aromatic heterocycles. The predicted molar refractivity (Wildman–Crippen MR) is 215 cm³/mol. The lowest BCUT2D eigenvalue weighted by Crippen LogP contribution is -2.63. The fraction of sp³-hybridized carbons (Fsp3) is 0.442. The molecule has 6 aliphatic heterocycles. The van der Waals surface area contributed by atoms with Gasteiger partial charge in [-0.15, -0.1) is 0 Å². The number of imide groups is 2. The minimum Gasteiger partial charge on any atom is -0.371 e. The van der Waals surface area contributed by atoms with Crippen LogP contribution in [0.5, 0.6) is 0 Å². The van der Waals surface area contributed by atoms with Crippen LogP contribution in [-0.4, -0.2) is 121 Å². The summed E-state index contributed by atoms with van der Waals surface area (Å²) >= 11 is 6.37. The quantitative estimate of drug-likeness (QED) is 0.363. The van der Waals surface area contributed by atoms with Gasteiger partial charge in [0.15, 0.2) is 0 Å². The monoisotopic (exact) mass is 788 g/mol. The van der Waals surface area contributed by atoms with Crippen molar-refractivity contribution in [2.75, 3.05) is 73.6 Å². The van der Waals surface area contributed by atoms with Crippen molar-refractivity contribution in [3.63, 3.8) is 0 Å². The van der Waals surface area contributed by atoms with E-state index >= 15 is 0 Å². The largest absolute Gasteiger partial charge is 0.371 e. The van der Waals surface area contributed by atoms with E-state index in [9.17, 15) is 29.2 Å². The molecule has 0 aliphatic carbocycles. The Balaban J connectivity index is 0.741. The molecule has 57 heavy (non-hydrogen) atoms. The number of amides is 5. The zero-order valence-electron chi connectivity index (χ0n) is 32.0. The molecule has 2 atom stereocenters. The molecule has 0 radical (unpaired) electrons. The summed E-state index contributed by atoms with van der Waals surface area (Å²) < 4.78 is 0. The highest BCUT2D eigenvalue weighted by atomic mass is 35.5. The topological polar surface area (TPSA) is 141 Å². The van der Waals surface area contributed by atoms with Gasteiger partial charge in [-0.25, -0.2) is 0 Å². The first kappa shape index (κ1) is 37.1. The van der Waals surface area contributed by atoms with Gasteiger partial charge >= 0.3 is 0 Å². The molecule has 9 rings (SSSR count). The molecular formula is C43H45ClN8O5. The normalized spacial score (nSPS) is 23.8. The van der Waals surface area contributed by atoms with Crippen molar-refractivity contribution in [1.29, 1.82) is 5.26 Å². The summed E-state index contributed by atoms with van der Waals surface area (Å²) in [4.78, 5) is 76.4. The van der Waals surface area contributed by atoms with Crippen molar-refractivity contribution in [2.24, 2.45) is 5.41 Å². The molecule has 294 valence electrons. The number of rotatable bonds is 6. The van der Waals surface area contributed by atoms with Crippen molar-refractivity contribution in [2.45, 2.75) is 57.2 Å². The van der Waals surface area contributed by atoms with E-state index in [0.717, 1.165) is 87.0 Å². The number of piperidine rings is 2. The standard InChI is InChI=1S/C43H45ClN8O5/c1-27-22-43(26-51(27)32-7-4-29(23-45)36(44)21-32)12-14-47(15-13-43)30-5-2-28(3-6-30)40(55)49-18-16-48(17-19-49)33-24-50(25-33)31-8-9-34-35(20-31)42(57)52(41(34)56)37-10-11-38(53)46-39(37)54/h2-9,20-21,27,33,37H,10-19,22,24-26H2,1H3,(H,46,53,54)/t27-,37?/m0/s1. The number of nitrogens with one attached hydrogen (secondary N) is 1. The molecule has 5 fully saturated rings. The van der Waals surface area contributed by atoms with Gasteiger partial charge in [0.1, 0.15) is 12.1 Å². The summed E-state index contributed by atoms with van der Waals surface area (Å²) in [5.74, 6) is -1.96. The third-order valence-electron chi connectivity index (χ3n) is 13.2. The Morgan fingerprint density at radius 2 is 1.51 bits per heavy atom. The Labute approximate surface area is 336 Å². The number of carbonyl (C=O) groups excluding carboxylic acids is 5. The molecule has 3 aromatic rings. The van der Waals surface area contributed by atoms with Crippen LogP contribution in [0.25, 0.3) is 0 Å². The Morgan fingerprint density at radius 1 is 0.825 bits per heavy atom. The fourth-order valence-corrected chi connectivity index (χ4v) is 10.1. The average molecular weight is 789 g/mol. The lowest BCUT2D eigenvalue weighted by atomic mass is 9.76. The summed E-state index contributed by atoms with van der Waals surface area (Å²) in [6, 6.07) is 21.0. The van der Waals surface area contributed by atoms with E-state index in [-0.39, 0.29) is 35.3 Å². The molecule has 5 saturated heterocycles. The molecule has 13 nitrogen and oxygen atoms in total. The first-order chi connectivity index (χ1) is 27.5. The SMILES string of the molecule is C[C@H]1CC2(CCN(c3ccc(C(=O)N4CCN(C5CN(c6ccc7c(c6)C(=O)N(C6CCC(=O)NC6=O)C7=O)C5)CC4)cc3)CC2)CN1c1ccc(C#N)c(Cl)c1. The van der Waals surface area contributed by atoms with E-state index in [4.69, 9.17) is 11.6 Å². The number of nitrogens with zero attached hydrogens (tertiary/aromatic N) is 7. The second-order valence-corrected chi connectivity index (χ2v) is 17.0. The number of fused-ring (bicyclic) bond motifs is 1. The van der Waals surface area contributed by atoms with E-state index in [1.54, 1.807) is 12.1 Å². The lowest BCUT2D eigenvalue weighted by molar-refractivity contribution is -0.136. The average Bonchev–Trinajstić information content (AvgIpc) is 3.65. The summed E-state index contributed by atoms with van der Waals surface area (Å²) in [5, 5.41) is 12.0. The van der Waals surface area contributed by atoms with Crippen molar-refractivity contribution in [3.8, 4) is 6.07 Å². The molecule has 5 amide bonds. The highest BCUT2D eigenvalue weighted by Gasteiger charge is 2.46. The van der Waals surface area contributed by atoms with Crippen LogP contribution in [0.4, 0.5) is 17.1 Å². The number of piperazine rings is 1. The van der Waals surface area contributed by atoms with Crippen LogP contribution < -0.4 is 20.0 Å². The Bertz CT molecular complexity index is 2200. The number of carbonyl (C=O) groups is 5. The van der Waals surface area contributed by atoms with Crippen LogP contribution in [-0.2, 0) is 9.59 Å².